The van der Waals surface area contributed by atoms with E-state index in [1.165, 1.54) is 50.8 Å². The molecule has 2 nitrogen and oxygen atoms in total. The molecule has 0 aromatic rings. The van der Waals surface area contributed by atoms with E-state index in [1.54, 1.807) is 0 Å². The zero-order chi connectivity index (χ0) is 8.93. The van der Waals surface area contributed by atoms with Crippen molar-refractivity contribution in [1.82, 2.24) is 5.32 Å². The first-order valence-electron chi connectivity index (χ1n) is 5.72. The average molecular weight is 180 g/mol. The highest BCUT2D eigenvalue weighted by Gasteiger charge is 2.14. The smallest absolute Gasteiger partial charge is 0.0963 e. The van der Waals surface area contributed by atoms with Gasteiger partial charge in [-0.05, 0) is 18.8 Å². The minimum atomic E-state index is 1.01. The van der Waals surface area contributed by atoms with Crippen LogP contribution in [0, 0.1) is 5.92 Å². The van der Waals surface area contributed by atoms with Crippen LogP contribution < -0.4 is 5.32 Å². The molecule has 0 aromatic heterocycles. The summed E-state index contributed by atoms with van der Waals surface area (Å²) in [7, 11) is 0. The first-order chi connectivity index (χ1) is 6.45. The quantitative estimate of drug-likeness (QED) is 0.708. The molecule has 1 saturated carbocycles. The van der Waals surface area contributed by atoms with Crippen molar-refractivity contribution in [3.8, 4) is 0 Å². The van der Waals surface area contributed by atoms with Gasteiger partial charge in [-0.15, -0.1) is 0 Å². The minimum absolute atomic E-state index is 1.01. The Morgan fingerprint density at radius 2 is 2.08 bits per heavy atom. The Labute approximate surface area is 80.8 Å². The van der Waals surface area contributed by atoms with E-state index in [0.29, 0.717) is 0 Å². The van der Waals surface area contributed by atoms with E-state index in [1.807, 2.05) is 0 Å². The van der Waals surface area contributed by atoms with Crippen LogP contribution in [0.15, 0.2) is 4.99 Å². The number of rotatable bonds is 3. The Hall–Kier alpha value is -0.530. The molecule has 13 heavy (non-hydrogen) atoms. The van der Waals surface area contributed by atoms with E-state index in [9.17, 15) is 0 Å². The van der Waals surface area contributed by atoms with Gasteiger partial charge < -0.3 is 5.32 Å². The van der Waals surface area contributed by atoms with Gasteiger partial charge in [0.05, 0.1) is 5.84 Å². The van der Waals surface area contributed by atoms with Gasteiger partial charge in [-0.25, -0.2) is 0 Å². The zero-order valence-electron chi connectivity index (χ0n) is 8.39. The Morgan fingerprint density at radius 3 is 2.77 bits per heavy atom. The summed E-state index contributed by atoms with van der Waals surface area (Å²) < 4.78 is 0. The van der Waals surface area contributed by atoms with E-state index >= 15 is 0 Å². The van der Waals surface area contributed by atoms with Crippen molar-refractivity contribution in [3.05, 3.63) is 0 Å². The maximum Gasteiger partial charge on any atom is 0.0963 e. The van der Waals surface area contributed by atoms with Crippen molar-refractivity contribution in [3.63, 3.8) is 0 Å². The van der Waals surface area contributed by atoms with E-state index in [-0.39, 0.29) is 0 Å². The van der Waals surface area contributed by atoms with E-state index < -0.39 is 0 Å². The Morgan fingerprint density at radius 1 is 1.23 bits per heavy atom. The van der Waals surface area contributed by atoms with Crippen LogP contribution in [0.4, 0.5) is 0 Å². The Bertz CT molecular complexity index is 181. The third-order valence-corrected chi connectivity index (χ3v) is 3.23. The maximum absolute atomic E-state index is 4.41. The Balaban J connectivity index is 1.57. The fraction of sp³-hybridized carbons (Fsp3) is 0.909. The lowest BCUT2D eigenvalue weighted by Gasteiger charge is -2.10. The predicted molar refractivity (Wildman–Crippen MR) is 56.1 cm³/mol. The number of amidine groups is 1. The standard InChI is InChI=1S/C11H20N2/c1-2-5-10(4-1)7-9-13-11-6-3-8-12-11/h10H,1-9H2,(H,12,13). The van der Waals surface area contributed by atoms with Gasteiger partial charge in [-0.2, -0.15) is 0 Å². The highest BCUT2D eigenvalue weighted by molar-refractivity contribution is 5.83. The number of aliphatic imine (C=N–C) groups is 1. The molecule has 74 valence electrons. The van der Waals surface area contributed by atoms with Crippen LogP contribution in [-0.2, 0) is 0 Å². The van der Waals surface area contributed by atoms with Crippen molar-refractivity contribution in [2.75, 3.05) is 13.1 Å². The topological polar surface area (TPSA) is 24.4 Å². The van der Waals surface area contributed by atoms with Crippen LogP contribution in [0.1, 0.15) is 44.9 Å². The summed E-state index contributed by atoms with van der Waals surface area (Å²) in [5.74, 6) is 2.27. The summed E-state index contributed by atoms with van der Waals surface area (Å²) in [6.45, 7) is 2.20. The van der Waals surface area contributed by atoms with Crippen molar-refractivity contribution in [2.45, 2.75) is 44.9 Å². The molecule has 0 aromatic carbocycles. The first-order valence-corrected chi connectivity index (χ1v) is 5.72. The summed E-state index contributed by atoms with van der Waals surface area (Å²) in [6, 6.07) is 0. The van der Waals surface area contributed by atoms with Gasteiger partial charge in [0.2, 0.25) is 0 Å². The molecule has 0 amide bonds. The molecule has 1 aliphatic heterocycles. The van der Waals surface area contributed by atoms with Crippen LogP contribution in [0.25, 0.3) is 0 Å². The molecule has 1 fully saturated rings. The minimum Gasteiger partial charge on any atom is -0.374 e. The van der Waals surface area contributed by atoms with Crippen molar-refractivity contribution < 1.29 is 0 Å². The third-order valence-electron chi connectivity index (χ3n) is 3.23. The third kappa shape index (κ3) is 2.71. The van der Waals surface area contributed by atoms with Crippen LogP contribution >= 0.6 is 0 Å². The predicted octanol–water partition coefficient (Wildman–Crippen LogP) is 2.35. The summed E-state index contributed by atoms with van der Waals surface area (Å²) in [5.41, 5.74) is 0. The molecular weight excluding hydrogens is 160 g/mol. The fourth-order valence-electron chi connectivity index (χ4n) is 2.40. The number of hydrogen-bond acceptors (Lipinski definition) is 2. The summed E-state index contributed by atoms with van der Waals surface area (Å²) >= 11 is 0. The number of hydrogen-bond donors (Lipinski definition) is 1. The van der Waals surface area contributed by atoms with Crippen LogP contribution in [-0.4, -0.2) is 18.9 Å². The van der Waals surface area contributed by atoms with Gasteiger partial charge in [0.15, 0.2) is 0 Å². The first kappa shape index (κ1) is 9.04. The SMILES string of the molecule is C1CN=C(NCCC2CCCC2)C1. The molecule has 0 saturated heterocycles. The Kier molecular flexibility index (Phi) is 3.22. The summed E-state index contributed by atoms with van der Waals surface area (Å²) in [6.07, 6.45) is 9.66. The average Bonchev–Trinajstić information content (AvgIpc) is 2.75. The second kappa shape index (κ2) is 4.64. The van der Waals surface area contributed by atoms with E-state index in [4.69, 9.17) is 0 Å². The molecule has 0 unspecified atom stereocenters. The van der Waals surface area contributed by atoms with Gasteiger partial charge >= 0.3 is 0 Å². The summed E-state index contributed by atoms with van der Waals surface area (Å²) in [5, 5.41) is 3.46. The molecule has 0 radical (unpaired) electrons. The lowest BCUT2D eigenvalue weighted by Crippen LogP contribution is -2.23. The van der Waals surface area contributed by atoms with Gasteiger partial charge in [-0.3, -0.25) is 4.99 Å². The lowest BCUT2D eigenvalue weighted by molar-refractivity contribution is 0.499. The van der Waals surface area contributed by atoms with Gasteiger partial charge in [0, 0.05) is 19.5 Å². The molecule has 1 heterocycles. The number of nitrogens with zero attached hydrogens (tertiary/aromatic N) is 1. The molecular formula is C11H20N2. The second-order valence-corrected chi connectivity index (χ2v) is 4.30. The number of nitrogens with one attached hydrogen (secondary N) is 1. The van der Waals surface area contributed by atoms with Gasteiger partial charge in [-0.1, -0.05) is 25.7 Å². The molecule has 2 rings (SSSR count). The monoisotopic (exact) mass is 180 g/mol. The zero-order valence-corrected chi connectivity index (χ0v) is 8.39. The molecule has 2 heteroatoms. The van der Waals surface area contributed by atoms with Crippen molar-refractivity contribution in [2.24, 2.45) is 10.9 Å². The second-order valence-electron chi connectivity index (χ2n) is 4.30. The van der Waals surface area contributed by atoms with Crippen LogP contribution in [0.5, 0.6) is 0 Å². The van der Waals surface area contributed by atoms with Gasteiger partial charge in [0.1, 0.15) is 0 Å². The summed E-state index contributed by atoms with van der Waals surface area (Å²) in [4.78, 5) is 4.41. The molecule has 1 N–H and O–H groups in total. The fourth-order valence-corrected chi connectivity index (χ4v) is 2.40. The largest absolute Gasteiger partial charge is 0.374 e. The maximum atomic E-state index is 4.41. The normalized spacial score (nSPS) is 23.5. The van der Waals surface area contributed by atoms with Crippen LogP contribution in [0.2, 0.25) is 0 Å². The lowest BCUT2D eigenvalue weighted by atomic mass is 10.0. The van der Waals surface area contributed by atoms with Crippen molar-refractivity contribution >= 4 is 5.84 Å². The molecule has 0 bridgehead atoms. The van der Waals surface area contributed by atoms with Crippen LogP contribution in [0.3, 0.4) is 0 Å². The van der Waals surface area contributed by atoms with Crippen molar-refractivity contribution in [1.29, 1.82) is 0 Å². The van der Waals surface area contributed by atoms with Gasteiger partial charge in [0.25, 0.3) is 0 Å². The molecule has 1 aliphatic carbocycles. The molecule has 0 spiro atoms. The molecule has 0 atom stereocenters. The molecule has 2 aliphatic rings. The van der Waals surface area contributed by atoms with E-state index in [2.05, 4.69) is 10.3 Å². The highest BCUT2D eigenvalue weighted by atomic mass is 15.0. The highest BCUT2D eigenvalue weighted by Crippen LogP contribution is 2.26. The van der Waals surface area contributed by atoms with E-state index in [0.717, 1.165) is 19.0 Å².